The summed E-state index contributed by atoms with van der Waals surface area (Å²) in [6.45, 7) is 1.55. The second kappa shape index (κ2) is 6.54. The number of carbonyl (C=O) groups is 1. The summed E-state index contributed by atoms with van der Waals surface area (Å²) in [6.07, 6.45) is 2.12. The van der Waals surface area contributed by atoms with Crippen LogP contribution < -0.4 is 4.72 Å². The lowest BCUT2D eigenvalue weighted by molar-refractivity contribution is 0.0696. The van der Waals surface area contributed by atoms with Gasteiger partial charge in [0.2, 0.25) is 10.0 Å². The maximum Gasteiger partial charge on any atom is 0.335 e. The van der Waals surface area contributed by atoms with Crippen molar-refractivity contribution in [2.45, 2.75) is 43.2 Å². The van der Waals surface area contributed by atoms with E-state index in [1.807, 2.05) is 0 Å². The number of hydrogen-bond acceptors (Lipinski definition) is 4. The van der Waals surface area contributed by atoms with Gasteiger partial charge in [0, 0.05) is 18.2 Å². The Morgan fingerprint density at radius 1 is 1.41 bits per heavy atom. The SMILES string of the molecule is CO[C@@H]1CC[C@@H](NS(=O)(=O)c2cc(C(=O)O)cc(Cl)c2C)C1. The Labute approximate surface area is 134 Å². The van der Waals surface area contributed by atoms with Crippen LogP contribution in [-0.4, -0.2) is 38.7 Å². The minimum Gasteiger partial charge on any atom is -0.478 e. The average Bonchev–Trinajstić information content (AvgIpc) is 2.88. The molecule has 0 heterocycles. The second-order valence-electron chi connectivity index (χ2n) is 5.38. The van der Waals surface area contributed by atoms with Gasteiger partial charge in [-0.25, -0.2) is 17.9 Å². The Kier molecular flexibility index (Phi) is 5.11. The number of hydrogen-bond donors (Lipinski definition) is 2. The third kappa shape index (κ3) is 3.60. The highest BCUT2D eigenvalue weighted by atomic mass is 35.5. The van der Waals surface area contributed by atoms with Gasteiger partial charge in [-0.15, -0.1) is 0 Å². The predicted molar refractivity (Wildman–Crippen MR) is 81.9 cm³/mol. The Morgan fingerprint density at radius 3 is 2.64 bits per heavy atom. The van der Waals surface area contributed by atoms with Crippen molar-refractivity contribution in [2.24, 2.45) is 0 Å². The van der Waals surface area contributed by atoms with Crippen LogP contribution in [0.2, 0.25) is 5.02 Å². The number of sulfonamides is 1. The fourth-order valence-corrected chi connectivity index (χ4v) is 4.45. The Bertz CT molecular complexity index is 689. The Morgan fingerprint density at radius 2 is 2.09 bits per heavy atom. The normalized spacial score (nSPS) is 22.0. The van der Waals surface area contributed by atoms with E-state index < -0.39 is 16.0 Å². The summed E-state index contributed by atoms with van der Waals surface area (Å²) in [4.78, 5) is 11.0. The zero-order valence-electron chi connectivity index (χ0n) is 12.3. The molecule has 1 aliphatic rings. The van der Waals surface area contributed by atoms with Gasteiger partial charge >= 0.3 is 5.97 Å². The smallest absolute Gasteiger partial charge is 0.335 e. The van der Waals surface area contributed by atoms with E-state index in [9.17, 15) is 13.2 Å². The fourth-order valence-electron chi connectivity index (χ4n) is 2.60. The van der Waals surface area contributed by atoms with Crippen molar-refractivity contribution >= 4 is 27.6 Å². The number of nitrogens with one attached hydrogen (secondary N) is 1. The van der Waals surface area contributed by atoms with E-state index in [0.717, 1.165) is 12.5 Å². The molecule has 2 atom stereocenters. The summed E-state index contributed by atoms with van der Waals surface area (Å²) in [6, 6.07) is 2.16. The molecule has 0 amide bonds. The molecule has 0 spiro atoms. The lowest BCUT2D eigenvalue weighted by Gasteiger charge is -2.16. The van der Waals surface area contributed by atoms with E-state index in [4.69, 9.17) is 21.4 Å². The molecular weight excluding hydrogens is 330 g/mol. The summed E-state index contributed by atoms with van der Waals surface area (Å²) >= 11 is 5.96. The van der Waals surface area contributed by atoms with E-state index >= 15 is 0 Å². The minimum atomic E-state index is -3.84. The molecule has 1 fully saturated rings. The van der Waals surface area contributed by atoms with E-state index in [0.29, 0.717) is 18.4 Å². The molecule has 2 N–H and O–H groups in total. The maximum absolute atomic E-state index is 12.5. The number of aromatic carboxylic acids is 1. The van der Waals surface area contributed by atoms with Crippen LogP contribution >= 0.6 is 11.6 Å². The molecule has 1 aliphatic carbocycles. The third-order valence-electron chi connectivity index (χ3n) is 3.87. The summed E-state index contributed by atoms with van der Waals surface area (Å²) in [5.74, 6) is -1.22. The molecule has 122 valence electrons. The largest absolute Gasteiger partial charge is 0.478 e. The van der Waals surface area contributed by atoms with Crippen LogP contribution in [-0.2, 0) is 14.8 Å². The summed E-state index contributed by atoms with van der Waals surface area (Å²) in [5.41, 5.74) is 0.178. The van der Waals surface area contributed by atoms with Crippen molar-refractivity contribution in [3.63, 3.8) is 0 Å². The molecule has 0 unspecified atom stereocenters. The van der Waals surface area contributed by atoms with Crippen molar-refractivity contribution in [2.75, 3.05) is 7.11 Å². The van der Waals surface area contributed by atoms with Crippen LogP contribution in [0.4, 0.5) is 0 Å². The lowest BCUT2D eigenvalue weighted by atomic mass is 10.1. The molecule has 22 heavy (non-hydrogen) atoms. The molecule has 0 saturated heterocycles. The molecule has 0 bridgehead atoms. The van der Waals surface area contributed by atoms with Gasteiger partial charge in [0.1, 0.15) is 0 Å². The van der Waals surface area contributed by atoms with Crippen LogP contribution in [0.3, 0.4) is 0 Å². The molecule has 2 rings (SSSR count). The molecule has 8 heteroatoms. The van der Waals surface area contributed by atoms with Crippen molar-refractivity contribution in [1.29, 1.82) is 0 Å². The molecule has 1 saturated carbocycles. The molecule has 0 aliphatic heterocycles. The first kappa shape index (κ1) is 17.2. The van der Waals surface area contributed by atoms with Gasteiger partial charge in [-0.1, -0.05) is 11.6 Å². The summed E-state index contributed by atoms with van der Waals surface area (Å²) < 4.78 is 32.9. The molecule has 6 nitrogen and oxygen atoms in total. The van der Waals surface area contributed by atoms with Gasteiger partial charge in [0.15, 0.2) is 0 Å². The average molecular weight is 348 g/mol. The highest BCUT2D eigenvalue weighted by molar-refractivity contribution is 7.89. The third-order valence-corrected chi connectivity index (χ3v) is 5.91. The first-order chi connectivity index (χ1) is 10.2. The van der Waals surface area contributed by atoms with Crippen LogP contribution in [0.1, 0.15) is 35.2 Å². The van der Waals surface area contributed by atoms with Crippen molar-refractivity contribution in [3.8, 4) is 0 Å². The number of rotatable bonds is 5. The zero-order valence-corrected chi connectivity index (χ0v) is 13.9. The zero-order chi connectivity index (χ0) is 16.5. The Hall–Kier alpha value is -1.15. The first-order valence-electron chi connectivity index (χ1n) is 6.83. The second-order valence-corrected chi connectivity index (χ2v) is 7.46. The minimum absolute atomic E-state index is 0.0442. The number of benzene rings is 1. The van der Waals surface area contributed by atoms with Gasteiger partial charge in [-0.3, -0.25) is 0 Å². The monoisotopic (exact) mass is 347 g/mol. The Balaban J connectivity index is 2.31. The van der Waals surface area contributed by atoms with Gasteiger partial charge in [-0.2, -0.15) is 0 Å². The molecule has 0 aromatic heterocycles. The van der Waals surface area contributed by atoms with Crippen molar-refractivity contribution < 1.29 is 23.1 Å². The summed E-state index contributed by atoms with van der Waals surface area (Å²) in [5, 5.41) is 9.16. The van der Waals surface area contributed by atoms with E-state index in [1.54, 1.807) is 14.0 Å². The topological polar surface area (TPSA) is 92.7 Å². The predicted octanol–water partition coefficient (Wildman–Crippen LogP) is 2.19. The van der Waals surface area contributed by atoms with E-state index in [2.05, 4.69) is 4.72 Å². The lowest BCUT2D eigenvalue weighted by Crippen LogP contribution is -2.34. The van der Waals surface area contributed by atoms with Crippen LogP contribution in [0, 0.1) is 6.92 Å². The van der Waals surface area contributed by atoms with E-state index in [1.165, 1.54) is 6.07 Å². The molecule has 1 aromatic rings. The van der Waals surface area contributed by atoms with Gasteiger partial charge < -0.3 is 9.84 Å². The van der Waals surface area contributed by atoms with Crippen LogP contribution in [0.15, 0.2) is 17.0 Å². The number of ether oxygens (including phenoxy) is 1. The standard InChI is InChI=1S/C14H18ClNO5S/c1-8-12(15)5-9(14(17)18)6-13(8)22(19,20)16-10-3-4-11(7-10)21-2/h5-6,10-11,16H,3-4,7H2,1-2H3,(H,17,18)/t10-,11-/m1/s1. The maximum atomic E-state index is 12.5. The van der Waals surface area contributed by atoms with Gasteiger partial charge in [-0.05, 0) is 43.9 Å². The van der Waals surface area contributed by atoms with E-state index in [-0.39, 0.29) is 27.6 Å². The number of halogens is 1. The van der Waals surface area contributed by atoms with Gasteiger partial charge in [0.25, 0.3) is 0 Å². The molecular formula is C14H18ClNO5S. The van der Waals surface area contributed by atoms with Crippen LogP contribution in [0.25, 0.3) is 0 Å². The van der Waals surface area contributed by atoms with Crippen molar-refractivity contribution in [3.05, 3.63) is 28.3 Å². The van der Waals surface area contributed by atoms with Crippen molar-refractivity contribution in [1.82, 2.24) is 4.72 Å². The number of carboxylic acid groups (broad SMARTS) is 1. The number of carboxylic acids is 1. The molecule has 1 aromatic carbocycles. The summed E-state index contributed by atoms with van der Waals surface area (Å²) in [7, 11) is -2.24. The van der Waals surface area contributed by atoms with Crippen LogP contribution in [0.5, 0.6) is 0 Å². The van der Waals surface area contributed by atoms with Gasteiger partial charge in [0.05, 0.1) is 16.6 Å². The highest BCUT2D eigenvalue weighted by Gasteiger charge is 2.30. The number of methoxy groups -OCH3 is 1. The molecule has 0 radical (unpaired) electrons. The fraction of sp³-hybridized carbons (Fsp3) is 0.500. The first-order valence-corrected chi connectivity index (χ1v) is 8.69. The highest BCUT2D eigenvalue weighted by Crippen LogP contribution is 2.28. The quantitative estimate of drug-likeness (QED) is 0.851.